The van der Waals surface area contributed by atoms with Gasteiger partial charge in [-0.05, 0) is 43.0 Å². The van der Waals surface area contributed by atoms with Crippen LogP contribution in [0.1, 0.15) is 30.3 Å². The lowest BCUT2D eigenvalue weighted by molar-refractivity contribution is -0.154. The molecule has 0 spiro atoms. The van der Waals surface area contributed by atoms with Crippen molar-refractivity contribution in [2.24, 2.45) is 0 Å². The minimum absolute atomic E-state index is 0.161. The zero-order valence-corrected chi connectivity index (χ0v) is 15.5. The second kappa shape index (κ2) is 8.51. The lowest BCUT2D eigenvalue weighted by atomic mass is 10.1. The van der Waals surface area contributed by atoms with Crippen LogP contribution >= 0.6 is 34.5 Å². The van der Waals surface area contributed by atoms with Gasteiger partial charge < -0.3 is 10.1 Å². The molecule has 2 aromatic rings. The van der Waals surface area contributed by atoms with E-state index in [-0.39, 0.29) is 18.4 Å². The second-order valence-electron chi connectivity index (χ2n) is 5.28. The molecule has 0 fully saturated rings. The summed E-state index contributed by atoms with van der Waals surface area (Å²) in [5.41, 5.74) is 0.742. The highest BCUT2D eigenvalue weighted by Gasteiger charge is 2.21. The fourth-order valence-electron chi connectivity index (χ4n) is 2.11. The normalized spacial score (nSPS) is 13.2. The van der Waals surface area contributed by atoms with Gasteiger partial charge in [0, 0.05) is 14.9 Å². The van der Waals surface area contributed by atoms with Gasteiger partial charge in [-0.15, -0.1) is 11.3 Å². The van der Waals surface area contributed by atoms with Gasteiger partial charge in [0.25, 0.3) is 5.91 Å². The molecule has 2 atom stereocenters. The quantitative estimate of drug-likeness (QED) is 0.749. The van der Waals surface area contributed by atoms with Gasteiger partial charge in [-0.2, -0.15) is 0 Å². The predicted molar refractivity (Wildman–Crippen MR) is 96.6 cm³/mol. The van der Waals surface area contributed by atoms with Crippen LogP contribution in [0, 0.1) is 0 Å². The Morgan fingerprint density at radius 2 is 2.00 bits per heavy atom. The summed E-state index contributed by atoms with van der Waals surface area (Å²) in [6, 6.07) is 8.45. The molecule has 7 heteroatoms. The van der Waals surface area contributed by atoms with Gasteiger partial charge in [0.05, 0.1) is 12.5 Å². The van der Waals surface area contributed by atoms with Gasteiger partial charge in [-0.3, -0.25) is 9.59 Å². The van der Waals surface area contributed by atoms with Crippen molar-refractivity contribution < 1.29 is 14.3 Å². The van der Waals surface area contributed by atoms with Crippen LogP contribution in [0.4, 0.5) is 0 Å². The molecule has 0 aliphatic heterocycles. The summed E-state index contributed by atoms with van der Waals surface area (Å²) in [5.74, 6) is -0.815. The number of ether oxygens (including phenoxy) is 1. The molecule has 0 radical (unpaired) electrons. The molecule has 1 aromatic carbocycles. The highest BCUT2D eigenvalue weighted by atomic mass is 35.5. The van der Waals surface area contributed by atoms with E-state index in [1.54, 1.807) is 25.1 Å². The van der Waals surface area contributed by atoms with Crippen LogP contribution in [0.15, 0.2) is 35.7 Å². The topological polar surface area (TPSA) is 55.4 Å². The van der Waals surface area contributed by atoms with Crippen molar-refractivity contribution in [2.45, 2.75) is 32.4 Å². The number of rotatable bonds is 6. The van der Waals surface area contributed by atoms with E-state index in [2.05, 4.69) is 5.32 Å². The molecule has 1 aromatic heterocycles. The Morgan fingerprint density at radius 1 is 1.25 bits per heavy atom. The fourth-order valence-corrected chi connectivity index (χ4v) is 3.37. The molecule has 4 nitrogen and oxygen atoms in total. The Kier molecular flexibility index (Phi) is 6.66. The number of hydrogen-bond donors (Lipinski definition) is 1. The molecule has 128 valence electrons. The van der Waals surface area contributed by atoms with Gasteiger partial charge in [-0.1, -0.05) is 35.3 Å². The average molecular weight is 386 g/mol. The summed E-state index contributed by atoms with van der Waals surface area (Å²) in [6.45, 7) is 3.34. The number of amides is 1. The largest absolute Gasteiger partial charge is 0.452 e. The van der Waals surface area contributed by atoms with Crippen LogP contribution in [-0.4, -0.2) is 18.0 Å². The Bertz CT molecular complexity index is 719. The minimum atomic E-state index is -0.883. The zero-order valence-electron chi connectivity index (χ0n) is 13.2. The summed E-state index contributed by atoms with van der Waals surface area (Å²) in [5, 5.41) is 5.66. The van der Waals surface area contributed by atoms with Crippen molar-refractivity contribution in [1.82, 2.24) is 5.32 Å². The first kappa shape index (κ1) is 18.8. The number of benzene rings is 1. The number of nitrogens with one attached hydrogen (secondary N) is 1. The van der Waals surface area contributed by atoms with Gasteiger partial charge in [-0.25, -0.2) is 0 Å². The van der Waals surface area contributed by atoms with Crippen LogP contribution in [0.25, 0.3) is 0 Å². The van der Waals surface area contributed by atoms with Crippen molar-refractivity contribution >= 4 is 46.4 Å². The molecule has 0 unspecified atom stereocenters. The summed E-state index contributed by atoms with van der Waals surface area (Å²) in [6.07, 6.45) is -0.723. The van der Waals surface area contributed by atoms with Crippen LogP contribution in [-0.2, 0) is 20.7 Å². The number of thiophene rings is 1. The fraction of sp³-hybridized carbons (Fsp3) is 0.294. The van der Waals surface area contributed by atoms with E-state index in [9.17, 15) is 9.59 Å². The monoisotopic (exact) mass is 385 g/mol. The molecular weight excluding hydrogens is 369 g/mol. The maximum Gasteiger partial charge on any atom is 0.311 e. The first-order valence-corrected chi connectivity index (χ1v) is 8.97. The third-order valence-corrected chi connectivity index (χ3v) is 4.80. The van der Waals surface area contributed by atoms with E-state index in [4.69, 9.17) is 27.9 Å². The van der Waals surface area contributed by atoms with Crippen molar-refractivity contribution in [3.05, 3.63) is 56.2 Å². The minimum Gasteiger partial charge on any atom is -0.452 e. The molecule has 1 amide bonds. The summed E-state index contributed by atoms with van der Waals surface area (Å²) < 4.78 is 5.17. The molecule has 24 heavy (non-hydrogen) atoms. The smallest absolute Gasteiger partial charge is 0.311 e. The highest BCUT2D eigenvalue weighted by Crippen LogP contribution is 2.26. The number of esters is 1. The average Bonchev–Trinajstić information content (AvgIpc) is 2.99. The lowest BCUT2D eigenvalue weighted by Crippen LogP contribution is -2.37. The van der Waals surface area contributed by atoms with Crippen LogP contribution in [0.5, 0.6) is 0 Å². The molecule has 0 bridgehead atoms. The van der Waals surface area contributed by atoms with Gasteiger partial charge in [0.2, 0.25) is 0 Å². The first-order chi connectivity index (χ1) is 11.4. The molecule has 0 aliphatic carbocycles. The van der Waals surface area contributed by atoms with Gasteiger partial charge in [0.1, 0.15) is 0 Å². The van der Waals surface area contributed by atoms with E-state index < -0.39 is 12.1 Å². The number of hydrogen-bond acceptors (Lipinski definition) is 4. The van der Waals surface area contributed by atoms with E-state index in [1.165, 1.54) is 18.3 Å². The Hall–Kier alpha value is -1.56. The Labute approximate surface area is 154 Å². The van der Waals surface area contributed by atoms with E-state index >= 15 is 0 Å². The molecular formula is C17H17Cl2NO3S. The Balaban J connectivity index is 1.89. The molecule has 0 aliphatic rings. The summed E-state index contributed by atoms with van der Waals surface area (Å²) >= 11 is 13.5. The number of carbonyl (C=O) groups is 2. The van der Waals surface area contributed by atoms with Crippen molar-refractivity contribution in [2.75, 3.05) is 0 Å². The van der Waals surface area contributed by atoms with Crippen molar-refractivity contribution in [3.63, 3.8) is 0 Å². The third-order valence-electron chi connectivity index (χ3n) is 3.36. The van der Waals surface area contributed by atoms with E-state index in [0.29, 0.717) is 10.0 Å². The second-order valence-corrected chi connectivity index (χ2v) is 7.16. The Morgan fingerprint density at radius 3 is 2.62 bits per heavy atom. The van der Waals surface area contributed by atoms with E-state index in [0.717, 1.165) is 10.4 Å². The summed E-state index contributed by atoms with van der Waals surface area (Å²) in [7, 11) is 0. The van der Waals surface area contributed by atoms with Crippen LogP contribution in [0.2, 0.25) is 10.0 Å². The van der Waals surface area contributed by atoms with E-state index in [1.807, 2.05) is 17.5 Å². The van der Waals surface area contributed by atoms with Crippen LogP contribution < -0.4 is 5.32 Å². The molecule has 0 saturated heterocycles. The molecule has 1 N–H and O–H groups in total. The van der Waals surface area contributed by atoms with Gasteiger partial charge in [0.15, 0.2) is 6.10 Å². The van der Waals surface area contributed by atoms with Crippen LogP contribution in [0.3, 0.4) is 0 Å². The standard InChI is InChI=1S/C17H17Cl2NO3S/c1-10(14-6-5-12(18)8-15(14)19)20-17(22)11(2)23-16(21)9-13-4-3-7-24-13/h3-8,10-11H,9H2,1-2H3,(H,20,22)/t10-,11+/m1/s1. The number of carbonyl (C=O) groups excluding carboxylic acids is 2. The zero-order chi connectivity index (χ0) is 17.7. The summed E-state index contributed by atoms with van der Waals surface area (Å²) in [4.78, 5) is 24.9. The number of halogens is 2. The SMILES string of the molecule is C[C@H](OC(=O)Cc1cccs1)C(=O)N[C@H](C)c1ccc(Cl)cc1Cl. The van der Waals surface area contributed by atoms with Crippen molar-refractivity contribution in [3.8, 4) is 0 Å². The van der Waals surface area contributed by atoms with Gasteiger partial charge >= 0.3 is 5.97 Å². The lowest BCUT2D eigenvalue weighted by Gasteiger charge is -2.19. The molecule has 1 heterocycles. The van der Waals surface area contributed by atoms with Crippen molar-refractivity contribution in [1.29, 1.82) is 0 Å². The molecule has 0 saturated carbocycles. The maximum absolute atomic E-state index is 12.2. The third kappa shape index (κ3) is 5.23. The molecule has 2 rings (SSSR count). The first-order valence-electron chi connectivity index (χ1n) is 7.34. The predicted octanol–water partition coefficient (Wildman–Crippen LogP) is 4.41. The highest BCUT2D eigenvalue weighted by molar-refractivity contribution is 7.10. The maximum atomic E-state index is 12.2.